The summed E-state index contributed by atoms with van der Waals surface area (Å²) in [6.45, 7) is 6.53. The van der Waals surface area contributed by atoms with Gasteiger partial charge in [-0.1, -0.05) is 0 Å². The number of amides is 5. The van der Waals surface area contributed by atoms with Crippen molar-refractivity contribution in [2.24, 2.45) is 11.5 Å². The van der Waals surface area contributed by atoms with Crippen LogP contribution in [0.4, 0.5) is 0 Å². The lowest BCUT2D eigenvalue weighted by Crippen LogP contribution is -2.57. The summed E-state index contributed by atoms with van der Waals surface area (Å²) in [5, 5.41) is 19.3. The van der Waals surface area contributed by atoms with Crippen molar-refractivity contribution in [3.8, 4) is 0 Å². The molecule has 1 saturated heterocycles. The van der Waals surface area contributed by atoms with E-state index in [9.17, 15) is 33.9 Å². The second kappa shape index (κ2) is 15.1. The molecule has 14 heteroatoms. The van der Waals surface area contributed by atoms with Gasteiger partial charge >= 0.3 is 5.97 Å². The average Bonchev–Trinajstić information content (AvgIpc) is 3.32. The zero-order valence-corrected chi connectivity index (χ0v) is 21.9. The van der Waals surface area contributed by atoms with E-state index in [0.717, 1.165) is 0 Å². The van der Waals surface area contributed by atoms with E-state index in [1.165, 1.54) is 32.6 Å². The molecule has 0 unspecified atom stereocenters. The molecule has 0 saturated carbocycles. The summed E-state index contributed by atoms with van der Waals surface area (Å²) in [6.07, 6.45) is 2.27. The zero-order chi connectivity index (χ0) is 28.3. The quantitative estimate of drug-likeness (QED) is 0.119. The van der Waals surface area contributed by atoms with Crippen LogP contribution < -0.4 is 32.7 Å². The first-order valence-corrected chi connectivity index (χ1v) is 12.5. The molecule has 0 aromatic heterocycles. The number of rotatable bonds is 14. The van der Waals surface area contributed by atoms with Crippen molar-refractivity contribution in [2.45, 2.75) is 96.1 Å². The molecule has 14 nitrogen and oxygen atoms in total. The lowest BCUT2D eigenvalue weighted by Gasteiger charge is -2.28. The third-order valence-electron chi connectivity index (χ3n) is 6.05. The SMILES string of the molecule is C[C@H](N)C(=O)N[C@@H](C)C(=O)N[C@@H](C)C(=O)N1CCC[C@H]1C(=O)N[C@@H](C)C(=O)N[C@@H](CCCCN)C(=O)O. The fourth-order valence-electron chi connectivity index (χ4n) is 3.78. The van der Waals surface area contributed by atoms with Gasteiger partial charge in [-0.3, -0.25) is 24.0 Å². The Kier molecular flexibility index (Phi) is 13.0. The highest BCUT2D eigenvalue weighted by Crippen LogP contribution is 2.19. The van der Waals surface area contributed by atoms with Crippen molar-refractivity contribution >= 4 is 35.5 Å². The van der Waals surface area contributed by atoms with E-state index in [0.29, 0.717) is 32.2 Å². The smallest absolute Gasteiger partial charge is 0.326 e. The van der Waals surface area contributed by atoms with Gasteiger partial charge in [-0.2, -0.15) is 0 Å². The Morgan fingerprint density at radius 2 is 1.43 bits per heavy atom. The predicted molar refractivity (Wildman–Crippen MR) is 134 cm³/mol. The number of unbranched alkanes of at least 4 members (excludes halogenated alkanes) is 1. The first-order valence-electron chi connectivity index (χ1n) is 12.5. The molecule has 9 N–H and O–H groups in total. The molecule has 0 aromatic rings. The Hall–Kier alpha value is -3.26. The Morgan fingerprint density at radius 3 is 2.00 bits per heavy atom. The van der Waals surface area contributed by atoms with E-state index in [2.05, 4.69) is 21.3 Å². The predicted octanol–water partition coefficient (Wildman–Crippen LogP) is -2.46. The van der Waals surface area contributed by atoms with Crippen molar-refractivity contribution in [3.63, 3.8) is 0 Å². The van der Waals surface area contributed by atoms with Crippen molar-refractivity contribution in [2.75, 3.05) is 13.1 Å². The van der Waals surface area contributed by atoms with Gasteiger partial charge in [0.25, 0.3) is 0 Å². The number of nitrogens with zero attached hydrogens (tertiary/aromatic N) is 1. The third kappa shape index (κ3) is 9.96. The van der Waals surface area contributed by atoms with E-state index in [-0.39, 0.29) is 13.0 Å². The Balaban J connectivity index is 2.70. The summed E-state index contributed by atoms with van der Waals surface area (Å²) in [7, 11) is 0. The maximum Gasteiger partial charge on any atom is 0.326 e. The zero-order valence-electron chi connectivity index (χ0n) is 21.9. The van der Waals surface area contributed by atoms with Crippen molar-refractivity contribution in [3.05, 3.63) is 0 Å². The minimum Gasteiger partial charge on any atom is -0.480 e. The van der Waals surface area contributed by atoms with Crippen LogP contribution in [0.3, 0.4) is 0 Å². The maximum absolute atomic E-state index is 13.0. The number of carboxylic acids is 1. The van der Waals surface area contributed by atoms with Gasteiger partial charge in [0.2, 0.25) is 29.5 Å². The second-order valence-electron chi connectivity index (χ2n) is 9.35. The van der Waals surface area contributed by atoms with Crippen molar-refractivity contribution < 1.29 is 33.9 Å². The van der Waals surface area contributed by atoms with Gasteiger partial charge in [0.15, 0.2) is 0 Å². The third-order valence-corrected chi connectivity index (χ3v) is 6.05. The van der Waals surface area contributed by atoms with Crippen molar-refractivity contribution in [1.82, 2.24) is 26.2 Å². The van der Waals surface area contributed by atoms with Crippen LogP contribution in [0.25, 0.3) is 0 Å². The van der Waals surface area contributed by atoms with E-state index < -0.39 is 71.8 Å². The highest BCUT2D eigenvalue weighted by molar-refractivity contribution is 5.96. The fourth-order valence-corrected chi connectivity index (χ4v) is 3.78. The van der Waals surface area contributed by atoms with Crippen LogP contribution in [0.15, 0.2) is 0 Å². The molecule has 1 heterocycles. The van der Waals surface area contributed by atoms with Gasteiger partial charge in [0, 0.05) is 6.54 Å². The first kappa shape index (κ1) is 31.8. The molecule has 0 aliphatic carbocycles. The topological polar surface area (TPSA) is 226 Å². The minimum atomic E-state index is -1.18. The number of hydrogen-bond acceptors (Lipinski definition) is 8. The lowest BCUT2D eigenvalue weighted by molar-refractivity contribution is -0.143. The molecule has 1 fully saturated rings. The normalized spacial score (nSPS) is 19.1. The molecule has 0 aromatic carbocycles. The number of carbonyl (C=O) groups excluding carboxylic acids is 5. The van der Waals surface area contributed by atoms with Crippen LogP contribution in [0.2, 0.25) is 0 Å². The molecular formula is C23H41N7O7. The number of nitrogens with one attached hydrogen (secondary N) is 4. The number of hydrogen-bond donors (Lipinski definition) is 7. The largest absolute Gasteiger partial charge is 0.480 e. The summed E-state index contributed by atoms with van der Waals surface area (Å²) in [5.41, 5.74) is 10.9. The van der Waals surface area contributed by atoms with E-state index in [1.54, 1.807) is 0 Å². The van der Waals surface area contributed by atoms with Crippen molar-refractivity contribution in [1.29, 1.82) is 0 Å². The average molecular weight is 528 g/mol. The molecule has 5 amide bonds. The molecule has 1 aliphatic heterocycles. The van der Waals surface area contributed by atoms with Crippen LogP contribution in [-0.2, 0) is 28.8 Å². The summed E-state index contributed by atoms with van der Waals surface area (Å²) in [6, 6.07) is -5.68. The van der Waals surface area contributed by atoms with Crippen LogP contribution in [0.1, 0.15) is 59.8 Å². The fraction of sp³-hybridized carbons (Fsp3) is 0.739. The highest BCUT2D eigenvalue weighted by atomic mass is 16.4. The van der Waals surface area contributed by atoms with Gasteiger partial charge in [-0.05, 0) is 66.3 Å². The maximum atomic E-state index is 13.0. The lowest BCUT2D eigenvalue weighted by atomic mass is 10.1. The van der Waals surface area contributed by atoms with Gasteiger partial charge in [0.1, 0.15) is 30.2 Å². The number of carbonyl (C=O) groups is 6. The molecule has 0 bridgehead atoms. The summed E-state index contributed by atoms with van der Waals surface area (Å²) < 4.78 is 0. The molecule has 1 rings (SSSR count). The molecule has 6 atom stereocenters. The van der Waals surface area contributed by atoms with Gasteiger partial charge in [-0.15, -0.1) is 0 Å². The Bertz CT molecular complexity index is 851. The number of aliphatic carboxylic acids is 1. The number of likely N-dealkylation sites (tertiary alicyclic amines) is 1. The molecule has 37 heavy (non-hydrogen) atoms. The van der Waals surface area contributed by atoms with Crippen LogP contribution in [0.5, 0.6) is 0 Å². The molecule has 1 aliphatic rings. The molecular weight excluding hydrogens is 486 g/mol. The first-order chi connectivity index (χ1) is 17.3. The molecule has 0 radical (unpaired) electrons. The van der Waals surface area contributed by atoms with Gasteiger partial charge in [-0.25, -0.2) is 4.79 Å². The summed E-state index contributed by atoms with van der Waals surface area (Å²) in [4.78, 5) is 75.2. The molecule has 210 valence electrons. The number of carboxylic acid groups (broad SMARTS) is 1. The van der Waals surface area contributed by atoms with Crippen LogP contribution in [0, 0.1) is 0 Å². The highest BCUT2D eigenvalue weighted by Gasteiger charge is 2.37. The second-order valence-corrected chi connectivity index (χ2v) is 9.35. The summed E-state index contributed by atoms with van der Waals surface area (Å²) in [5.74, 6) is -3.98. The van der Waals surface area contributed by atoms with Crippen LogP contribution in [-0.4, -0.2) is 94.9 Å². The Labute approximate surface area is 216 Å². The Morgan fingerprint density at radius 1 is 0.865 bits per heavy atom. The van der Waals surface area contributed by atoms with E-state index >= 15 is 0 Å². The number of nitrogens with two attached hydrogens (primary N) is 2. The minimum absolute atomic E-state index is 0.209. The monoisotopic (exact) mass is 527 g/mol. The van der Waals surface area contributed by atoms with Crippen LogP contribution >= 0.6 is 0 Å². The van der Waals surface area contributed by atoms with E-state index in [4.69, 9.17) is 11.5 Å². The van der Waals surface area contributed by atoms with Gasteiger partial charge < -0.3 is 42.7 Å². The summed E-state index contributed by atoms with van der Waals surface area (Å²) >= 11 is 0. The van der Waals surface area contributed by atoms with E-state index in [1.807, 2.05) is 0 Å². The molecule has 0 spiro atoms. The standard InChI is InChI=1S/C23H41N7O7/c1-12(25)18(31)26-13(2)19(32)28-15(4)22(35)30-11-7-9-17(30)21(34)27-14(3)20(33)29-16(23(36)37)8-5-6-10-24/h12-17H,5-11,24-25H2,1-4H3,(H,26,31)(H,27,34)(H,28,32)(H,29,33)(H,36,37)/t12-,13-,14-,15-,16-,17-/m0/s1. The van der Waals surface area contributed by atoms with Gasteiger partial charge in [0.05, 0.1) is 6.04 Å².